The van der Waals surface area contributed by atoms with Crippen LogP contribution in [0.2, 0.25) is 0 Å². The smallest absolute Gasteiger partial charge is 0.409 e. The van der Waals surface area contributed by atoms with Crippen LogP contribution in [-0.2, 0) is 6.18 Å². The van der Waals surface area contributed by atoms with Crippen molar-refractivity contribution in [3.63, 3.8) is 0 Å². The van der Waals surface area contributed by atoms with E-state index in [0.29, 0.717) is 10.8 Å². The van der Waals surface area contributed by atoms with Gasteiger partial charge < -0.3 is 10.9 Å². The van der Waals surface area contributed by atoms with Crippen molar-refractivity contribution in [3.8, 4) is 0 Å². The Morgan fingerprint density at radius 2 is 2.05 bits per heavy atom. The number of hydrogen-bond acceptors (Lipinski definition) is 3. The second kappa shape index (κ2) is 6.88. The lowest BCUT2D eigenvalue weighted by atomic mass is 10.1. The third-order valence-electron chi connectivity index (χ3n) is 2.64. The van der Waals surface area contributed by atoms with Crippen molar-refractivity contribution in [2.24, 2.45) is 16.8 Å². The molecular formula is C13H17F3N2OS. The van der Waals surface area contributed by atoms with Gasteiger partial charge in [0.25, 0.3) is 0 Å². The van der Waals surface area contributed by atoms with Crippen molar-refractivity contribution in [2.45, 2.75) is 31.3 Å². The van der Waals surface area contributed by atoms with Gasteiger partial charge in [0.1, 0.15) is 0 Å². The van der Waals surface area contributed by atoms with Gasteiger partial charge in [0.05, 0.1) is 5.56 Å². The van der Waals surface area contributed by atoms with E-state index in [1.54, 1.807) is 0 Å². The average molecular weight is 306 g/mol. The van der Waals surface area contributed by atoms with Gasteiger partial charge in [-0.05, 0) is 36.3 Å². The number of alkyl halides is 3. The molecule has 0 heterocycles. The summed E-state index contributed by atoms with van der Waals surface area (Å²) < 4.78 is 38.5. The molecule has 0 atom stereocenters. The third kappa shape index (κ3) is 4.63. The molecule has 0 aromatic heterocycles. The van der Waals surface area contributed by atoms with Crippen molar-refractivity contribution < 1.29 is 18.4 Å². The van der Waals surface area contributed by atoms with E-state index >= 15 is 0 Å². The maximum atomic E-state index is 12.8. The van der Waals surface area contributed by atoms with Gasteiger partial charge in [0.15, 0.2) is 5.84 Å². The minimum Gasteiger partial charge on any atom is -0.409 e. The summed E-state index contributed by atoms with van der Waals surface area (Å²) >= 11 is 1.45. The molecule has 0 saturated heterocycles. The van der Waals surface area contributed by atoms with Crippen LogP contribution in [0.4, 0.5) is 13.2 Å². The van der Waals surface area contributed by atoms with E-state index in [9.17, 15) is 13.2 Å². The van der Waals surface area contributed by atoms with Crippen LogP contribution in [-0.4, -0.2) is 16.8 Å². The van der Waals surface area contributed by atoms with Crippen LogP contribution in [0, 0.1) is 5.92 Å². The number of thioether (sulfide) groups is 1. The van der Waals surface area contributed by atoms with E-state index < -0.39 is 17.6 Å². The largest absolute Gasteiger partial charge is 0.417 e. The van der Waals surface area contributed by atoms with Crippen molar-refractivity contribution in [3.05, 3.63) is 29.3 Å². The normalized spacial score (nSPS) is 13.0. The molecule has 0 aliphatic rings. The van der Waals surface area contributed by atoms with Crippen molar-refractivity contribution in [2.75, 3.05) is 5.75 Å². The number of oxime groups is 1. The topological polar surface area (TPSA) is 58.6 Å². The maximum absolute atomic E-state index is 12.8. The fraction of sp³-hybridized carbons (Fsp3) is 0.462. The Morgan fingerprint density at radius 3 is 2.55 bits per heavy atom. The van der Waals surface area contributed by atoms with E-state index in [2.05, 4.69) is 19.0 Å². The fourth-order valence-electron chi connectivity index (χ4n) is 1.54. The van der Waals surface area contributed by atoms with E-state index in [-0.39, 0.29) is 5.56 Å². The van der Waals surface area contributed by atoms with Gasteiger partial charge in [-0.2, -0.15) is 13.2 Å². The Bertz CT molecular complexity index is 487. The highest BCUT2D eigenvalue weighted by molar-refractivity contribution is 7.99. The van der Waals surface area contributed by atoms with Gasteiger partial charge in [-0.25, -0.2) is 0 Å². The van der Waals surface area contributed by atoms with Gasteiger partial charge in [-0.1, -0.05) is 19.0 Å². The molecule has 0 unspecified atom stereocenters. The summed E-state index contributed by atoms with van der Waals surface area (Å²) in [6, 6.07) is 3.68. The molecule has 0 saturated carbocycles. The first-order valence-electron chi connectivity index (χ1n) is 6.07. The van der Waals surface area contributed by atoms with Crippen LogP contribution < -0.4 is 5.73 Å². The number of halogens is 3. The van der Waals surface area contributed by atoms with E-state index in [0.717, 1.165) is 18.2 Å². The SMILES string of the molecule is CC(C)CCSc1ccc(C(F)(F)F)c(/C(N)=N/O)c1. The molecule has 20 heavy (non-hydrogen) atoms. The van der Waals surface area contributed by atoms with Crippen LogP contribution in [0.5, 0.6) is 0 Å². The summed E-state index contributed by atoms with van der Waals surface area (Å²) in [4.78, 5) is 0.667. The second-order valence-electron chi connectivity index (χ2n) is 4.72. The quantitative estimate of drug-likeness (QED) is 0.285. The number of benzene rings is 1. The fourth-order valence-corrected chi connectivity index (χ4v) is 2.73. The Morgan fingerprint density at radius 1 is 1.40 bits per heavy atom. The number of nitrogens with two attached hydrogens (primary N) is 1. The standard InChI is InChI=1S/C13H17F3N2OS/c1-8(2)5-6-20-9-3-4-11(13(14,15)16)10(7-9)12(17)18-19/h3-4,7-8,19H,5-6H2,1-2H3,(H2,17,18). The van der Waals surface area contributed by atoms with E-state index in [1.165, 1.54) is 23.9 Å². The molecule has 0 aliphatic carbocycles. The molecule has 1 aromatic carbocycles. The lowest BCUT2D eigenvalue weighted by Crippen LogP contribution is -2.20. The van der Waals surface area contributed by atoms with Gasteiger partial charge in [-0.15, -0.1) is 11.8 Å². The summed E-state index contributed by atoms with van der Waals surface area (Å²) in [6.45, 7) is 4.16. The van der Waals surface area contributed by atoms with Crippen LogP contribution >= 0.6 is 11.8 Å². The Balaban J connectivity index is 3.03. The summed E-state index contributed by atoms with van der Waals surface area (Å²) in [5.41, 5.74) is 4.13. The van der Waals surface area contributed by atoms with E-state index in [4.69, 9.17) is 10.9 Å². The van der Waals surface area contributed by atoms with Crippen molar-refractivity contribution in [1.82, 2.24) is 0 Å². The van der Waals surface area contributed by atoms with Crippen molar-refractivity contribution >= 4 is 17.6 Å². The first-order chi connectivity index (χ1) is 9.25. The zero-order valence-corrected chi connectivity index (χ0v) is 12.1. The molecule has 1 aromatic rings. The zero-order chi connectivity index (χ0) is 15.3. The molecule has 0 spiro atoms. The average Bonchev–Trinajstić information content (AvgIpc) is 2.36. The molecule has 112 valence electrons. The van der Waals surface area contributed by atoms with Crippen LogP contribution in [0.25, 0.3) is 0 Å². The first-order valence-corrected chi connectivity index (χ1v) is 7.06. The summed E-state index contributed by atoms with van der Waals surface area (Å²) in [6.07, 6.45) is -3.57. The zero-order valence-electron chi connectivity index (χ0n) is 11.2. The number of hydrogen-bond donors (Lipinski definition) is 2. The van der Waals surface area contributed by atoms with Gasteiger partial charge in [-0.3, -0.25) is 0 Å². The Labute approximate surface area is 120 Å². The summed E-state index contributed by atoms with van der Waals surface area (Å²) in [5, 5.41) is 11.3. The predicted octanol–water partition coefficient (Wildman–Crippen LogP) is 3.94. The minimum atomic E-state index is -4.54. The highest BCUT2D eigenvalue weighted by Crippen LogP contribution is 2.34. The molecule has 3 nitrogen and oxygen atoms in total. The lowest BCUT2D eigenvalue weighted by molar-refractivity contribution is -0.137. The molecule has 0 fully saturated rings. The second-order valence-corrected chi connectivity index (χ2v) is 5.89. The number of nitrogens with zero attached hydrogens (tertiary/aromatic N) is 1. The summed E-state index contributed by atoms with van der Waals surface area (Å²) in [7, 11) is 0. The monoisotopic (exact) mass is 306 g/mol. The molecule has 7 heteroatoms. The molecular weight excluding hydrogens is 289 g/mol. The molecule has 3 N–H and O–H groups in total. The Hall–Kier alpha value is -1.37. The van der Waals surface area contributed by atoms with Gasteiger partial charge in [0.2, 0.25) is 0 Å². The maximum Gasteiger partial charge on any atom is 0.417 e. The number of rotatable bonds is 5. The minimum absolute atomic E-state index is 0.297. The first kappa shape index (κ1) is 16.7. The van der Waals surface area contributed by atoms with Crippen LogP contribution in [0.3, 0.4) is 0 Å². The molecule has 0 radical (unpaired) electrons. The Kier molecular flexibility index (Phi) is 5.74. The van der Waals surface area contributed by atoms with Crippen LogP contribution in [0.15, 0.2) is 28.3 Å². The van der Waals surface area contributed by atoms with Crippen LogP contribution in [0.1, 0.15) is 31.4 Å². The van der Waals surface area contributed by atoms with Crippen molar-refractivity contribution in [1.29, 1.82) is 0 Å². The summed E-state index contributed by atoms with van der Waals surface area (Å²) in [5.74, 6) is 0.794. The molecule has 0 aliphatic heterocycles. The molecule has 0 bridgehead atoms. The molecule has 0 amide bonds. The predicted molar refractivity (Wildman–Crippen MR) is 74.1 cm³/mol. The van der Waals surface area contributed by atoms with Gasteiger partial charge in [0, 0.05) is 10.5 Å². The lowest BCUT2D eigenvalue weighted by Gasteiger charge is -2.13. The molecule has 1 rings (SSSR count). The highest BCUT2D eigenvalue weighted by Gasteiger charge is 2.34. The third-order valence-corrected chi connectivity index (χ3v) is 3.67. The highest BCUT2D eigenvalue weighted by atomic mass is 32.2. The van der Waals surface area contributed by atoms with Gasteiger partial charge >= 0.3 is 6.18 Å². The number of amidine groups is 1. The van der Waals surface area contributed by atoms with E-state index in [1.807, 2.05) is 0 Å².